The molecule has 8 heteroatoms. The molecule has 0 aliphatic heterocycles. The molecule has 0 aliphatic rings. The zero-order valence-electron chi connectivity index (χ0n) is 12.1. The number of halogens is 3. The first-order valence-corrected chi connectivity index (χ1v) is 5.99. The van der Waals surface area contributed by atoms with Crippen molar-refractivity contribution in [3.63, 3.8) is 0 Å². The molecule has 118 valence electrons. The van der Waals surface area contributed by atoms with Crippen molar-refractivity contribution in [2.24, 2.45) is 5.84 Å². The minimum absolute atomic E-state index is 0.0223. The maximum absolute atomic E-state index is 12.7. The zero-order valence-corrected chi connectivity index (χ0v) is 12.1. The molecule has 0 bridgehead atoms. The van der Waals surface area contributed by atoms with E-state index >= 15 is 0 Å². The van der Waals surface area contributed by atoms with Gasteiger partial charge in [-0.1, -0.05) is 0 Å². The fourth-order valence-corrected chi connectivity index (χ4v) is 1.48. The summed E-state index contributed by atoms with van der Waals surface area (Å²) in [6, 6.07) is 2.88. The van der Waals surface area contributed by atoms with Crippen molar-refractivity contribution in [1.82, 2.24) is 0 Å². The van der Waals surface area contributed by atoms with Crippen molar-refractivity contribution in [2.45, 2.75) is 32.5 Å². The van der Waals surface area contributed by atoms with Crippen LogP contribution in [-0.4, -0.2) is 18.8 Å². The quantitative estimate of drug-likeness (QED) is 0.517. The third-order valence-corrected chi connectivity index (χ3v) is 2.36. The summed E-state index contributed by atoms with van der Waals surface area (Å²) in [6.45, 7) is 4.93. The summed E-state index contributed by atoms with van der Waals surface area (Å²) < 4.78 is 47.9. The van der Waals surface area contributed by atoms with Crippen LogP contribution in [0, 0.1) is 0 Å². The van der Waals surface area contributed by atoms with Gasteiger partial charge in [0.05, 0.1) is 18.4 Å². The lowest BCUT2D eigenvalue weighted by molar-refractivity contribution is -0.138. The minimum atomic E-state index is -4.56. The lowest BCUT2D eigenvalue weighted by atomic mass is 10.1. The SMILES string of the molecule is COc1cc(N(N)C(=O)OC(C)(C)C)ccc1C(F)(F)F. The zero-order chi connectivity index (χ0) is 16.4. The van der Waals surface area contributed by atoms with Crippen LogP contribution in [0.5, 0.6) is 5.75 Å². The third-order valence-electron chi connectivity index (χ3n) is 2.36. The second-order valence-electron chi connectivity index (χ2n) is 5.23. The van der Waals surface area contributed by atoms with E-state index in [9.17, 15) is 18.0 Å². The summed E-state index contributed by atoms with van der Waals surface area (Å²) in [7, 11) is 1.10. The monoisotopic (exact) mass is 306 g/mol. The summed E-state index contributed by atoms with van der Waals surface area (Å²) in [4.78, 5) is 11.8. The normalized spacial score (nSPS) is 12.0. The molecule has 0 fully saturated rings. The molecular formula is C13H17F3N2O3. The van der Waals surface area contributed by atoms with Gasteiger partial charge in [0.25, 0.3) is 0 Å². The predicted octanol–water partition coefficient (Wildman–Crippen LogP) is 3.33. The van der Waals surface area contributed by atoms with E-state index in [0.29, 0.717) is 5.01 Å². The van der Waals surface area contributed by atoms with Crippen molar-refractivity contribution < 1.29 is 27.4 Å². The van der Waals surface area contributed by atoms with Crippen LogP contribution in [0.3, 0.4) is 0 Å². The first-order chi connectivity index (χ1) is 9.45. The summed E-state index contributed by atoms with van der Waals surface area (Å²) in [5, 5.41) is 0.619. The van der Waals surface area contributed by atoms with E-state index in [-0.39, 0.29) is 5.69 Å². The Morgan fingerprint density at radius 2 is 1.81 bits per heavy atom. The highest BCUT2D eigenvalue weighted by Crippen LogP contribution is 2.38. The van der Waals surface area contributed by atoms with E-state index in [2.05, 4.69) is 4.74 Å². The Morgan fingerprint density at radius 3 is 2.24 bits per heavy atom. The summed E-state index contributed by atoms with van der Waals surface area (Å²) in [5.41, 5.74) is -1.70. The van der Waals surface area contributed by atoms with Crippen LogP contribution in [0.2, 0.25) is 0 Å². The lowest BCUT2D eigenvalue weighted by Gasteiger charge is -2.24. The molecule has 0 saturated heterocycles. The minimum Gasteiger partial charge on any atom is -0.496 e. The highest BCUT2D eigenvalue weighted by Gasteiger charge is 2.34. The molecule has 2 N–H and O–H groups in total. The highest BCUT2D eigenvalue weighted by atomic mass is 19.4. The van der Waals surface area contributed by atoms with Crippen LogP contribution in [0.1, 0.15) is 26.3 Å². The van der Waals surface area contributed by atoms with Gasteiger partial charge in [-0.3, -0.25) is 0 Å². The Kier molecular flexibility index (Phi) is 4.72. The Bertz CT molecular complexity index is 524. The molecule has 0 aromatic heterocycles. The van der Waals surface area contributed by atoms with Crippen molar-refractivity contribution in [2.75, 3.05) is 12.1 Å². The standard InChI is InChI=1S/C13H17F3N2O3/c1-12(2,3)21-11(19)18(17)8-5-6-9(13(14,15)16)10(7-8)20-4/h5-7H,17H2,1-4H3. The Balaban J connectivity index is 3.07. The van der Waals surface area contributed by atoms with Gasteiger partial charge >= 0.3 is 12.3 Å². The van der Waals surface area contributed by atoms with Crippen LogP contribution in [0.4, 0.5) is 23.7 Å². The molecule has 5 nitrogen and oxygen atoms in total. The molecule has 1 aromatic rings. The second-order valence-corrected chi connectivity index (χ2v) is 5.23. The second kappa shape index (κ2) is 5.80. The number of ether oxygens (including phenoxy) is 2. The van der Waals surface area contributed by atoms with Gasteiger partial charge in [0.15, 0.2) is 0 Å². The van der Waals surface area contributed by atoms with Gasteiger partial charge in [-0.05, 0) is 32.9 Å². The van der Waals surface area contributed by atoms with Gasteiger partial charge in [-0.15, -0.1) is 0 Å². The number of hydrogen-bond acceptors (Lipinski definition) is 4. The van der Waals surface area contributed by atoms with E-state index in [0.717, 1.165) is 25.3 Å². The molecule has 0 unspecified atom stereocenters. The van der Waals surface area contributed by atoms with E-state index in [1.54, 1.807) is 20.8 Å². The van der Waals surface area contributed by atoms with Crippen LogP contribution in [0.15, 0.2) is 18.2 Å². The first kappa shape index (κ1) is 17.1. The van der Waals surface area contributed by atoms with Gasteiger partial charge < -0.3 is 9.47 Å². The Hall–Kier alpha value is -1.96. The predicted molar refractivity (Wildman–Crippen MR) is 70.9 cm³/mol. The maximum atomic E-state index is 12.7. The molecule has 1 rings (SSSR count). The lowest BCUT2D eigenvalue weighted by Crippen LogP contribution is -2.41. The smallest absolute Gasteiger partial charge is 0.429 e. The molecule has 0 atom stereocenters. The Labute approximate surface area is 120 Å². The van der Waals surface area contributed by atoms with Crippen LogP contribution in [0.25, 0.3) is 0 Å². The molecular weight excluding hydrogens is 289 g/mol. The molecule has 0 heterocycles. The van der Waals surface area contributed by atoms with E-state index in [1.165, 1.54) is 0 Å². The number of anilines is 1. The molecule has 21 heavy (non-hydrogen) atoms. The molecule has 1 amide bonds. The number of methoxy groups -OCH3 is 1. The molecule has 0 saturated carbocycles. The summed E-state index contributed by atoms with van der Waals surface area (Å²) in [5.74, 6) is 5.12. The molecule has 0 aliphatic carbocycles. The highest BCUT2D eigenvalue weighted by molar-refractivity contribution is 5.86. The number of carbonyl (C=O) groups excluding carboxylic acids is 1. The van der Waals surface area contributed by atoms with Crippen LogP contribution >= 0.6 is 0 Å². The largest absolute Gasteiger partial charge is 0.496 e. The van der Waals surface area contributed by atoms with Gasteiger partial charge in [0.2, 0.25) is 0 Å². The maximum Gasteiger partial charge on any atom is 0.429 e. The fraction of sp³-hybridized carbons (Fsp3) is 0.462. The number of rotatable bonds is 2. The number of carbonyl (C=O) groups is 1. The van der Waals surface area contributed by atoms with Gasteiger partial charge in [-0.25, -0.2) is 15.6 Å². The van der Waals surface area contributed by atoms with Gasteiger partial charge in [0.1, 0.15) is 11.4 Å². The number of nitrogens with zero attached hydrogens (tertiary/aromatic N) is 1. The average molecular weight is 306 g/mol. The van der Waals surface area contributed by atoms with Crippen LogP contribution < -0.4 is 15.6 Å². The average Bonchev–Trinajstić information content (AvgIpc) is 2.33. The van der Waals surface area contributed by atoms with E-state index in [4.69, 9.17) is 10.6 Å². The third kappa shape index (κ3) is 4.52. The summed E-state index contributed by atoms with van der Waals surface area (Å²) in [6.07, 6.45) is -5.45. The Morgan fingerprint density at radius 1 is 1.24 bits per heavy atom. The van der Waals surface area contributed by atoms with Gasteiger partial charge in [-0.2, -0.15) is 13.2 Å². The molecule has 0 radical (unpaired) electrons. The van der Waals surface area contributed by atoms with E-state index in [1.807, 2.05) is 0 Å². The van der Waals surface area contributed by atoms with Crippen molar-refractivity contribution >= 4 is 11.8 Å². The van der Waals surface area contributed by atoms with E-state index < -0.39 is 29.2 Å². The first-order valence-electron chi connectivity index (χ1n) is 5.99. The van der Waals surface area contributed by atoms with Crippen molar-refractivity contribution in [3.05, 3.63) is 23.8 Å². The van der Waals surface area contributed by atoms with Crippen molar-refractivity contribution in [1.29, 1.82) is 0 Å². The number of hydrazine groups is 1. The van der Waals surface area contributed by atoms with Crippen LogP contribution in [-0.2, 0) is 10.9 Å². The number of nitrogens with two attached hydrogens (primary N) is 1. The summed E-state index contributed by atoms with van der Waals surface area (Å²) >= 11 is 0. The van der Waals surface area contributed by atoms with Crippen molar-refractivity contribution in [3.8, 4) is 5.75 Å². The number of benzene rings is 1. The topological polar surface area (TPSA) is 64.8 Å². The number of hydrogen-bond donors (Lipinski definition) is 1. The molecule has 0 spiro atoms. The molecule has 1 aromatic carbocycles. The number of amides is 1. The number of alkyl halides is 3. The van der Waals surface area contributed by atoms with Gasteiger partial charge in [0, 0.05) is 6.07 Å². The fourth-order valence-electron chi connectivity index (χ4n) is 1.48.